The van der Waals surface area contributed by atoms with Gasteiger partial charge in [0.2, 0.25) is 0 Å². The number of hydrogen-bond donors (Lipinski definition) is 1. The Balaban J connectivity index is 1.90. The van der Waals surface area contributed by atoms with Crippen molar-refractivity contribution < 1.29 is 4.74 Å². The van der Waals surface area contributed by atoms with Crippen molar-refractivity contribution in [3.63, 3.8) is 0 Å². The smallest absolute Gasteiger partial charge is 0.138 e. The molecule has 20 heavy (non-hydrogen) atoms. The van der Waals surface area contributed by atoms with Crippen LogP contribution in [0.5, 0.6) is 0 Å². The lowest BCUT2D eigenvalue weighted by Crippen LogP contribution is -2.39. The first-order valence-corrected chi connectivity index (χ1v) is 7.88. The molecule has 1 saturated heterocycles. The third kappa shape index (κ3) is 1.48. The molecule has 0 saturated carbocycles. The Kier molecular flexibility index (Phi) is 2.72. The Labute approximate surface area is 123 Å². The van der Waals surface area contributed by atoms with Crippen molar-refractivity contribution in [2.45, 2.75) is 24.0 Å². The van der Waals surface area contributed by atoms with Gasteiger partial charge in [0, 0.05) is 16.5 Å². The summed E-state index contributed by atoms with van der Waals surface area (Å²) in [5, 5.41) is 5.69. The van der Waals surface area contributed by atoms with Crippen molar-refractivity contribution in [3.05, 3.63) is 64.9 Å². The average molecular weight is 283 g/mol. The molecule has 1 aromatic carbocycles. The van der Waals surface area contributed by atoms with Crippen LogP contribution in [0.4, 0.5) is 5.69 Å². The van der Waals surface area contributed by atoms with Gasteiger partial charge in [-0.15, -0.1) is 17.9 Å². The first-order chi connectivity index (χ1) is 9.86. The summed E-state index contributed by atoms with van der Waals surface area (Å²) in [5.41, 5.74) is 2.57. The van der Waals surface area contributed by atoms with Crippen molar-refractivity contribution >= 4 is 17.0 Å². The molecule has 1 aromatic heterocycles. The van der Waals surface area contributed by atoms with Crippen molar-refractivity contribution in [2.24, 2.45) is 0 Å². The Morgan fingerprint density at radius 1 is 1.35 bits per heavy atom. The number of nitrogens with one attached hydrogen (secondary N) is 1. The molecular formula is C17H17NOS. The molecule has 0 spiro atoms. The number of fused-ring (bicyclic) bond motifs is 3. The molecule has 1 N–H and O–H groups in total. The predicted octanol–water partition coefficient (Wildman–Crippen LogP) is 4.13. The number of hydrogen-bond acceptors (Lipinski definition) is 3. The molecule has 0 radical (unpaired) electrons. The topological polar surface area (TPSA) is 21.3 Å². The van der Waals surface area contributed by atoms with Gasteiger partial charge in [0.1, 0.15) is 6.23 Å². The Morgan fingerprint density at radius 2 is 2.25 bits per heavy atom. The zero-order valence-electron chi connectivity index (χ0n) is 11.2. The van der Waals surface area contributed by atoms with Crippen LogP contribution in [-0.2, 0) is 10.2 Å². The summed E-state index contributed by atoms with van der Waals surface area (Å²) >= 11 is 1.81. The third-order valence-corrected chi connectivity index (χ3v) is 5.58. The minimum atomic E-state index is -0.0107. The van der Waals surface area contributed by atoms with E-state index in [4.69, 9.17) is 4.74 Å². The maximum Gasteiger partial charge on any atom is 0.138 e. The monoisotopic (exact) mass is 283 g/mol. The predicted molar refractivity (Wildman–Crippen MR) is 83.4 cm³/mol. The summed E-state index contributed by atoms with van der Waals surface area (Å²) < 4.78 is 5.99. The molecule has 4 rings (SSSR count). The minimum Gasteiger partial charge on any atom is -0.359 e. The van der Waals surface area contributed by atoms with E-state index in [1.165, 1.54) is 16.1 Å². The van der Waals surface area contributed by atoms with Crippen molar-refractivity contribution in [1.29, 1.82) is 0 Å². The number of ether oxygens (including phenoxy) is 1. The van der Waals surface area contributed by atoms with Crippen molar-refractivity contribution in [3.8, 4) is 0 Å². The second-order valence-electron chi connectivity index (χ2n) is 5.46. The maximum absolute atomic E-state index is 5.99. The molecule has 0 unspecified atom stereocenters. The largest absolute Gasteiger partial charge is 0.359 e. The lowest BCUT2D eigenvalue weighted by molar-refractivity contribution is 0.104. The number of benzene rings is 1. The van der Waals surface area contributed by atoms with Gasteiger partial charge < -0.3 is 10.1 Å². The molecule has 102 valence electrons. The number of thiophene rings is 1. The normalized spacial score (nSPS) is 28.5. The molecule has 3 atom stereocenters. The summed E-state index contributed by atoms with van der Waals surface area (Å²) in [6, 6.07) is 12.9. The molecule has 1 fully saturated rings. The van der Waals surface area contributed by atoms with Crippen molar-refractivity contribution in [1.82, 2.24) is 0 Å². The summed E-state index contributed by atoms with van der Waals surface area (Å²) in [6.07, 6.45) is 3.19. The fourth-order valence-corrected chi connectivity index (χ4v) is 4.69. The highest BCUT2D eigenvalue weighted by molar-refractivity contribution is 7.10. The second-order valence-corrected chi connectivity index (χ2v) is 6.44. The first-order valence-electron chi connectivity index (χ1n) is 7.00. The molecule has 2 aliphatic rings. The van der Waals surface area contributed by atoms with Crippen molar-refractivity contribution in [2.75, 3.05) is 11.9 Å². The van der Waals surface area contributed by atoms with Gasteiger partial charge in [-0.25, -0.2) is 0 Å². The molecule has 0 amide bonds. The van der Waals surface area contributed by atoms with Crippen LogP contribution >= 0.6 is 11.3 Å². The number of anilines is 1. The summed E-state index contributed by atoms with van der Waals surface area (Å²) in [6.45, 7) is 4.92. The molecule has 2 aliphatic heterocycles. The van der Waals surface area contributed by atoms with Gasteiger partial charge in [-0.05, 0) is 29.5 Å². The van der Waals surface area contributed by atoms with E-state index in [1.807, 2.05) is 0 Å². The number of allylic oxidation sites excluding steroid dienone is 1. The Hall–Kier alpha value is -1.58. The third-order valence-electron chi connectivity index (χ3n) is 4.62. The summed E-state index contributed by atoms with van der Waals surface area (Å²) in [4.78, 5) is 1.37. The van der Waals surface area contributed by atoms with Crippen LogP contribution in [0, 0.1) is 0 Å². The molecule has 0 bridgehead atoms. The Morgan fingerprint density at radius 3 is 3.05 bits per heavy atom. The average Bonchev–Trinajstić information content (AvgIpc) is 3.15. The summed E-state index contributed by atoms with van der Waals surface area (Å²) in [5.74, 6) is 0.297. The van der Waals surface area contributed by atoms with E-state index in [0.29, 0.717) is 5.92 Å². The zero-order chi connectivity index (χ0) is 13.6. The molecule has 3 heterocycles. The highest BCUT2D eigenvalue weighted by Crippen LogP contribution is 2.56. The minimum absolute atomic E-state index is 0.0107. The van der Waals surface area contributed by atoms with E-state index < -0.39 is 0 Å². The fraction of sp³-hybridized carbons (Fsp3) is 0.294. The van der Waals surface area contributed by atoms with Crippen LogP contribution in [0.3, 0.4) is 0 Å². The van der Waals surface area contributed by atoms with Gasteiger partial charge in [0.15, 0.2) is 0 Å². The molecule has 2 aromatic rings. The van der Waals surface area contributed by atoms with E-state index in [1.54, 1.807) is 11.3 Å². The molecule has 2 nitrogen and oxygen atoms in total. The van der Waals surface area contributed by atoms with Gasteiger partial charge in [-0.3, -0.25) is 0 Å². The van der Waals surface area contributed by atoms with Crippen LogP contribution < -0.4 is 5.32 Å². The highest BCUT2D eigenvalue weighted by atomic mass is 32.1. The van der Waals surface area contributed by atoms with Crippen LogP contribution in [0.15, 0.2) is 54.4 Å². The van der Waals surface area contributed by atoms with Gasteiger partial charge in [-0.1, -0.05) is 30.3 Å². The van der Waals surface area contributed by atoms with Gasteiger partial charge >= 0.3 is 0 Å². The van der Waals surface area contributed by atoms with Crippen LogP contribution in [0.2, 0.25) is 0 Å². The lowest BCUT2D eigenvalue weighted by atomic mass is 9.69. The number of para-hydroxylation sites is 1. The van der Waals surface area contributed by atoms with Gasteiger partial charge in [0.25, 0.3) is 0 Å². The maximum atomic E-state index is 5.99. The fourth-order valence-electron chi connectivity index (χ4n) is 3.76. The standard InChI is InChI=1S/C17H17NOS/c1-2-12(15-8-5-11-20-15)17-9-10-19-16(17)18-14-7-4-3-6-13(14)17/h2-8,11-12,16,18H,1,9-10H2/t12-,16+,17-/m1/s1. The summed E-state index contributed by atoms with van der Waals surface area (Å²) in [7, 11) is 0. The second kappa shape index (κ2) is 4.47. The molecule has 3 heteroatoms. The van der Waals surface area contributed by atoms with Gasteiger partial charge in [-0.2, -0.15) is 0 Å². The van der Waals surface area contributed by atoms with E-state index in [9.17, 15) is 0 Å². The first kappa shape index (κ1) is 12.2. The van der Waals surface area contributed by atoms with Gasteiger partial charge in [0.05, 0.1) is 12.0 Å². The van der Waals surface area contributed by atoms with E-state index >= 15 is 0 Å². The zero-order valence-corrected chi connectivity index (χ0v) is 12.0. The van der Waals surface area contributed by atoms with E-state index in [2.05, 4.69) is 59.8 Å². The van der Waals surface area contributed by atoms with Crippen LogP contribution in [0.1, 0.15) is 22.8 Å². The SMILES string of the molecule is C=C[C@H](c1cccs1)[C@@]12CCO[C@@H]1Nc1ccccc12. The van der Waals surface area contributed by atoms with E-state index in [-0.39, 0.29) is 11.6 Å². The highest BCUT2D eigenvalue weighted by Gasteiger charge is 2.55. The Bertz CT molecular complexity index is 636. The van der Waals surface area contributed by atoms with Crippen LogP contribution in [0.25, 0.3) is 0 Å². The van der Waals surface area contributed by atoms with E-state index in [0.717, 1.165) is 13.0 Å². The quantitative estimate of drug-likeness (QED) is 0.855. The number of rotatable bonds is 3. The lowest BCUT2D eigenvalue weighted by Gasteiger charge is -2.34. The van der Waals surface area contributed by atoms with Crippen LogP contribution in [-0.4, -0.2) is 12.8 Å². The molecular weight excluding hydrogens is 266 g/mol. The molecule has 0 aliphatic carbocycles.